The second kappa shape index (κ2) is 13.1. The van der Waals surface area contributed by atoms with E-state index in [-0.39, 0.29) is 24.0 Å². The number of morpholine rings is 1. The Bertz CT molecular complexity index is 744. The van der Waals surface area contributed by atoms with E-state index in [1.54, 1.807) is 18.4 Å². The highest BCUT2D eigenvalue weighted by Gasteiger charge is 2.10. The van der Waals surface area contributed by atoms with Gasteiger partial charge in [0.1, 0.15) is 0 Å². The van der Waals surface area contributed by atoms with Crippen LogP contribution in [0, 0.1) is 0 Å². The number of benzene rings is 1. The molecule has 0 aliphatic carbocycles. The summed E-state index contributed by atoms with van der Waals surface area (Å²) in [6, 6.07) is 8.82. The Balaban J connectivity index is 0.00000300. The topological polar surface area (TPSA) is 61.8 Å². The molecule has 1 aromatic heterocycles. The van der Waals surface area contributed by atoms with E-state index in [1.165, 1.54) is 21.0 Å². The third-order valence-corrected chi connectivity index (χ3v) is 6.00. The number of hydrogen-bond donors (Lipinski definition) is 2. The van der Waals surface area contributed by atoms with E-state index in [0.717, 1.165) is 64.7 Å². The van der Waals surface area contributed by atoms with Gasteiger partial charge in [-0.25, -0.2) is 4.98 Å². The van der Waals surface area contributed by atoms with Crippen molar-refractivity contribution in [2.45, 2.75) is 32.9 Å². The summed E-state index contributed by atoms with van der Waals surface area (Å²) in [5, 5.41) is 7.93. The Morgan fingerprint density at radius 1 is 1.17 bits per heavy atom. The van der Waals surface area contributed by atoms with Gasteiger partial charge >= 0.3 is 0 Å². The summed E-state index contributed by atoms with van der Waals surface area (Å²) in [6.45, 7) is 8.47. The first-order valence-electron chi connectivity index (χ1n) is 10.0. The first kappa shape index (κ1) is 24.0. The van der Waals surface area contributed by atoms with Gasteiger partial charge in [-0.15, -0.1) is 35.3 Å². The van der Waals surface area contributed by atoms with Crippen molar-refractivity contribution >= 4 is 41.3 Å². The summed E-state index contributed by atoms with van der Waals surface area (Å²) in [6.07, 6.45) is 3.96. The zero-order valence-electron chi connectivity index (χ0n) is 17.3. The molecular formula is C21H32IN5OS. The molecule has 0 radical (unpaired) electrons. The molecule has 0 amide bonds. The fourth-order valence-corrected chi connectivity index (χ4v) is 3.96. The Morgan fingerprint density at radius 3 is 2.55 bits per heavy atom. The number of aryl methyl sites for hydroxylation is 1. The summed E-state index contributed by atoms with van der Waals surface area (Å²) in [5.74, 6) is 0.824. The molecule has 0 unspecified atom stereocenters. The van der Waals surface area contributed by atoms with E-state index < -0.39 is 0 Å². The van der Waals surface area contributed by atoms with Crippen LogP contribution in [0.2, 0.25) is 0 Å². The van der Waals surface area contributed by atoms with Crippen molar-refractivity contribution in [3.8, 4) is 0 Å². The number of guanidine groups is 1. The standard InChI is InChI=1S/C21H31N5OS.HI/c1-3-19-15-24-20(28-19)8-9-23-21(22-2)25-14-17-4-6-18(7-5-17)16-26-10-12-27-13-11-26;/h4-7,15H,3,8-14,16H2,1-2H3,(H2,22,23,25);1H. The summed E-state index contributed by atoms with van der Waals surface area (Å²) in [5.41, 5.74) is 2.60. The molecule has 3 rings (SSSR count). The number of nitrogens with one attached hydrogen (secondary N) is 2. The zero-order chi connectivity index (χ0) is 19.6. The first-order valence-corrected chi connectivity index (χ1v) is 10.8. The van der Waals surface area contributed by atoms with E-state index in [0.29, 0.717) is 0 Å². The predicted octanol–water partition coefficient (Wildman–Crippen LogP) is 3.06. The van der Waals surface area contributed by atoms with Crippen molar-refractivity contribution in [1.82, 2.24) is 20.5 Å². The lowest BCUT2D eigenvalue weighted by atomic mass is 10.1. The molecule has 1 saturated heterocycles. The molecule has 0 bridgehead atoms. The van der Waals surface area contributed by atoms with E-state index in [4.69, 9.17) is 4.74 Å². The third kappa shape index (κ3) is 8.19. The molecule has 0 spiro atoms. The molecule has 2 N–H and O–H groups in total. The number of halogens is 1. The fourth-order valence-electron chi connectivity index (χ4n) is 3.10. The number of hydrogen-bond acceptors (Lipinski definition) is 5. The van der Waals surface area contributed by atoms with Crippen LogP contribution >= 0.6 is 35.3 Å². The Labute approximate surface area is 195 Å². The van der Waals surface area contributed by atoms with Gasteiger partial charge in [-0.2, -0.15) is 0 Å². The highest BCUT2D eigenvalue weighted by molar-refractivity contribution is 14.0. The average molecular weight is 529 g/mol. The minimum atomic E-state index is 0. The lowest BCUT2D eigenvalue weighted by Crippen LogP contribution is -2.37. The molecule has 8 heteroatoms. The van der Waals surface area contributed by atoms with Crippen molar-refractivity contribution in [2.24, 2.45) is 4.99 Å². The van der Waals surface area contributed by atoms with Crippen LogP contribution in [0.25, 0.3) is 0 Å². The SMILES string of the molecule is CCc1cnc(CCNC(=NC)NCc2ccc(CN3CCOCC3)cc2)s1.I. The highest BCUT2D eigenvalue weighted by Crippen LogP contribution is 2.13. The lowest BCUT2D eigenvalue weighted by Gasteiger charge is -2.26. The molecule has 6 nitrogen and oxygen atoms in total. The van der Waals surface area contributed by atoms with Gasteiger partial charge in [0.25, 0.3) is 0 Å². The number of aliphatic imine (C=N–C) groups is 1. The molecule has 1 fully saturated rings. The van der Waals surface area contributed by atoms with Crippen LogP contribution in [-0.2, 0) is 30.7 Å². The number of thiazole rings is 1. The van der Waals surface area contributed by atoms with Gasteiger partial charge < -0.3 is 15.4 Å². The van der Waals surface area contributed by atoms with Crippen LogP contribution in [0.1, 0.15) is 27.9 Å². The Kier molecular flexibility index (Phi) is 10.9. The molecular weight excluding hydrogens is 497 g/mol. The van der Waals surface area contributed by atoms with E-state index in [2.05, 4.69) is 56.7 Å². The van der Waals surface area contributed by atoms with E-state index >= 15 is 0 Å². The smallest absolute Gasteiger partial charge is 0.191 e. The summed E-state index contributed by atoms with van der Waals surface area (Å²) < 4.78 is 5.41. The molecule has 29 heavy (non-hydrogen) atoms. The second-order valence-corrected chi connectivity index (χ2v) is 8.08. The van der Waals surface area contributed by atoms with Gasteiger partial charge in [0.15, 0.2) is 5.96 Å². The molecule has 2 heterocycles. The largest absolute Gasteiger partial charge is 0.379 e. The van der Waals surface area contributed by atoms with Crippen LogP contribution in [-0.4, -0.2) is 55.7 Å². The maximum absolute atomic E-state index is 5.41. The molecule has 2 aromatic rings. The monoisotopic (exact) mass is 529 g/mol. The van der Waals surface area contributed by atoms with Gasteiger partial charge in [0, 0.05) is 57.3 Å². The first-order chi connectivity index (χ1) is 13.8. The maximum Gasteiger partial charge on any atom is 0.191 e. The number of rotatable bonds is 8. The van der Waals surface area contributed by atoms with Crippen molar-refractivity contribution in [3.63, 3.8) is 0 Å². The fraction of sp³-hybridized carbons (Fsp3) is 0.524. The lowest BCUT2D eigenvalue weighted by molar-refractivity contribution is 0.0342. The normalized spacial score (nSPS) is 15.0. The molecule has 1 aliphatic heterocycles. The quantitative estimate of drug-likeness (QED) is 0.313. The zero-order valence-corrected chi connectivity index (χ0v) is 20.5. The number of aromatic nitrogens is 1. The van der Waals surface area contributed by atoms with Crippen LogP contribution in [0.3, 0.4) is 0 Å². The van der Waals surface area contributed by atoms with Gasteiger partial charge in [0.05, 0.1) is 18.2 Å². The molecule has 1 aliphatic rings. The Hall–Kier alpha value is -1.23. The van der Waals surface area contributed by atoms with E-state index in [1.807, 2.05) is 6.20 Å². The van der Waals surface area contributed by atoms with Crippen molar-refractivity contribution in [3.05, 3.63) is 51.5 Å². The van der Waals surface area contributed by atoms with Crippen molar-refractivity contribution in [2.75, 3.05) is 39.9 Å². The van der Waals surface area contributed by atoms with Gasteiger partial charge in [-0.05, 0) is 17.5 Å². The average Bonchev–Trinajstić information content (AvgIpc) is 3.20. The van der Waals surface area contributed by atoms with Crippen LogP contribution in [0.5, 0.6) is 0 Å². The van der Waals surface area contributed by atoms with Crippen LogP contribution in [0.15, 0.2) is 35.5 Å². The third-order valence-electron chi connectivity index (χ3n) is 4.80. The molecule has 0 saturated carbocycles. The second-order valence-electron chi connectivity index (χ2n) is 6.88. The van der Waals surface area contributed by atoms with Gasteiger partial charge in [0.2, 0.25) is 0 Å². The minimum Gasteiger partial charge on any atom is -0.379 e. The minimum absolute atomic E-state index is 0. The highest BCUT2D eigenvalue weighted by atomic mass is 127. The molecule has 1 aromatic carbocycles. The van der Waals surface area contributed by atoms with Gasteiger partial charge in [-0.1, -0.05) is 31.2 Å². The number of nitrogens with zero attached hydrogens (tertiary/aromatic N) is 3. The summed E-state index contributed by atoms with van der Waals surface area (Å²) in [7, 11) is 1.80. The molecule has 0 atom stereocenters. The van der Waals surface area contributed by atoms with Crippen LogP contribution < -0.4 is 10.6 Å². The number of ether oxygens (including phenoxy) is 1. The van der Waals surface area contributed by atoms with Crippen molar-refractivity contribution in [1.29, 1.82) is 0 Å². The predicted molar refractivity (Wildman–Crippen MR) is 131 cm³/mol. The molecule has 160 valence electrons. The van der Waals surface area contributed by atoms with Gasteiger partial charge in [-0.3, -0.25) is 9.89 Å². The van der Waals surface area contributed by atoms with E-state index in [9.17, 15) is 0 Å². The summed E-state index contributed by atoms with van der Waals surface area (Å²) in [4.78, 5) is 12.6. The van der Waals surface area contributed by atoms with Crippen molar-refractivity contribution < 1.29 is 4.74 Å². The van der Waals surface area contributed by atoms with Crippen LogP contribution in [0.4, 0.5) is 0 Å². The summed E-state index contributed by atoms with van der Waals surface area (Å²) >= 11 is 1.79. The maximum atomic E-state index is 5.41. The Morgan fingerprint density at radius 2 is 1.90 bits per heavy atom.